The number of H-pyrrole nitrogens is 1. The van der Waals surface area contributed by atoms with E-state index >= 15 is 0 Å². The molecule has 20 heavy (non-hydrogen) atoms. The minimum absolute atomic E-state index is 0.153. The fourth-order valence-corrected chi connectivity index (χ4v) is 2.36. The molecule has 0 spiro atoms. The van der Waals surface area contributed by atoms with Crippen molar-refractivity contribution in [3.63, 3.8) is 0 Å². The van der Waals surface area contributed by atoms with Crippen molar-refractivity contribution in [3.05, 3.63) is 53.9 Å². The Bertz CT molecular complexity index is 602. The fraction of sp³-hybridized carbons (Fsp3) is 0.267. The van der Waals surface area contributed by atoms with Crippen LogP contribution in [0.4, 0.5) is 10.5 Å². The standard InChI is InChI=1S/C15H18N4O/c16-12-4-1-3-11(9-12)15(6-7-15)19-14(20)18-10-13-5-2-8-17-13/h1-5,8-9,17H,6-7,10,16H2,(H2,18,19,20). The monoisotopic (exact) mass is 270 g/mol. The minimum Gasteiger partial charge on any atom is -0.399 e. The molecule has 1 saturated carbocycles. The molecule has 1 aliphatic rings. The van der Waals surface area contributed by atoms with E-state index in [0.29, 0.717) is 6.54 Å². The number of amides is 2. The first-order valence-corrected chi connectivity index (χ1v) is 6.72. The molecule has 0 aliphatic heterocycles. The van der Waals surface area contributed by atoms with Crippen LogP contribution in [0.25, 0.3) is 0 Å². The van der Waals surface area contributed by atoms with Gasteiger partial charge in [0.2, 0.25) is 0 Å². The normalized spacial score (nSPS) is 15.6. The summed E-state index contributed by atoms with van der Waals surface area (Å²) in [4.78, 5) is 15.0. The Balaban J connectivity index is 1.61. The molecule has 2 aromatic rings. The maximum atomic E-state index is 12.0. The van der Waals surface area contributed by atoms with Crippen LogP contribution in [0.2, 0.25) is 0 Å². The highest BCUT2D eigenvalue weighted by atomic mass is 16.2. The van der Waals surface area contributed by atoms with Crippen LogP contribution in [0.1, 0.15) is 24.1 Å². The smallest absolute Gasteiger partial charge is 0.315 e. The molecule has 5 heteroatoms. The van der Waals surface area contributed by atoms with Crippen molar-refractivity contribution in [1.29, 1.82) is 0 Å². The number of benzene rings is 1. The third-order valence-corrected chi connectivity index (χ3v) is 3.64. The Labute approximate surface area is 117 Å². The van der Waals surface area contributed by atoms with Gasteiger partial charge < -0.3 is 21.4 Å². The Morgan fingerprint density at radius 1 is 1.30 bits per heavy atom. The second-order valence-electron chi connectivity index (χ2n) is 5.21. The van der Waals surface area contributed by atoms with Gasteiger partial charge in [-0.1, -0.05) is 12.1 Å². The lowest BCUT2D eigenvalue weighted by Crippen LogP contribution is -2.42. The van der Waals surface area contributed by atoms with Crippen LogP contribution in [0.3, 0.4) is 0 Å². The number of nitrogens with two attached hydrogens (primary N) is 1. The number of aromatic nitrogens is 1. The van der Waals surface area contributed by atoms with Crippen LogP contribution in [-0.2, 0) is 12.1 Å². The lowest BCUT2D eigenvalue weighted by Gasteiger charge is -2.18. The highest BCUT2D eigenvalue weighted by molar-refractivity contribution is 5.75. The third kappa shape index (κ3) is 2.61. The van der Waals surface area contributed by atoms with E-state index < -0.39 is 0 Å². The number of rotatable bonds is 4. The molecule has 104 valence electrons. The molecule has 0 atom stereocenters. The summed E-state index contributed by atoms with van der Waals surface area (Å²) in [5.41, 5.74) is 8.34. The molecule has 0 saturated heterocycles. The lowest BCUT2D eigenvalue weighted by atomic mass is 10.0. The summed E-state index contributed by atoms with van der Waals surface area (Å²) in [5, 5.41) is 5.91. The molecule has 0 unspecified atom stereocenters. The summed E-state index contributed by atoms with van der Waals surface area (Å²) in [5.74, 6) is 0. The van der Waals surface area contributed by atoms with Gasteiger partial charge in [-0.25, -0.2) is 4.79 Å². The zero-order valence-corrected chi connectivity index (χ0v) is 11.1. The van der Waals surface area contributed by atoms with Gasteiger partial charge in [0.15, 0.2) is 0 Å². The van der Waals surface area contributed by atoms with E-state index in [9.17, 15) is 4.79 Å². The number of carbonyl (C=O) groups is 1. The molecule has 5 N–H and O–H groups in total. The average molecular weight is 270 g/mol. The Morgan fingerprint density at radius 3 is 2.80 bits per heavy atom. The Morgan fingerprint density at radius 2 is 2.15 bits per heavy atom. The number of anilines is 1. The van der Waals surface area contributed by atoms with Crippen LogP contribution in [0, 0.1) is 0 Å². The number of hydrogen-bond acceptors (Lipinski definition) is 2. The van der Waals surface area contributed by atoms with Gasteiger partial charge in [-0.05, 0) is 42.7 Å². The summed E-state index contributed by atoms with van der Waals surface area (Å²) in [7, 11) is 0. The van der Waals surface area contributed by atoms with Crippen molar-refractivity contribution in [2.45, 2.75) is 24.9 Å². The van der Waals surface area contributed by atoms with Gasteiger partial charge in [-0.3, -0.25) is 0 Å². The van der Waals surface area contributed by atoms with Crippen molar-refractivity contribution < 1.29 is 4.79 Å². The lowest BCUT2D eigenvalue weighted by molar-refractivity contribution is 0.235. The van der Waals surface area contributed by atoms with Crippen molar-refractivity contribution in [2.24, 2.45) is 0 Å². The molecule has 1 aromatic heterocycles. The highest BCUT2D eigenvalue weighted by Gasteiger charge is 2.45. The van der Waals surface area contributed by atoms with Crippen molar-refractivity contribution in [1.82, 2.24) is 15.6 Å². The molecule has 1 aliphatic carbocycles. The molecule has 3 rings (SSSR count). The second-order valence-corrected chi connectivity index (χ2v) is 5.21. The maximum Gasteiger partial charge on any atom is 0.315 e. The van der Waals surface area contributed by atoms with E-state index in [1.165, 1.54) is 0 Å². The van der Waals surface area contributed by atoms with Crippen LogP contribution in [0.5, 0.6) is 0 Å². The van der Waals surface area contributed by atoms with Gasteiger partial charge in [-0.15, -0.1) is 0 Å². The summed E-state index contributed by atoms with van der Waals surface area (Å²) in [6, 6.07) is 11.4. The molecular weight excluding hydrogens is 252 g/mol. The molecule has 0 radical (unpaired) electrons. The van der Waals surface area contributed by atoms with Crippen molar-refractivity contribution >= 4 is 11.7 Å². The third-order valence-electron chi connectivity index (χ3n) is 3.64. The van der Waals surface area contributed by atoms with E-state index in [0.717, 1.165) is 29.8 Å². The van der Waals surface area contributed by atoms with Gasteiger partial charge >= 0.3 is 6.03 Å². The van der Waals surface area contributed by atoms with Gasteiger partial charge in [0, 0.05) is 17.6 Å². The minimum atomic E-state index is -0.241. The SMILES string of the molecule is Nc1cccc(C2(NC(=O)NCc3ccc[nH]3)CC2)c1. The van der Waals surface area contributed by atoms with E-state index in [-0.39, 0.29) is 11.6 Å². The van der Waals surface area contributed by atoms with Crippen molar-refractivity contribution in [2.75, 3.05) is 5.73 Å². The topological polar surface area (TPSA) is 82.9 Å². The zero-order chi connectivity index (χ0) is 14.0. The van der Waals surface area contributed by atoms with Gasteiger partial charge in [-0.2, -0.15) is 0 Å². The van der Waals surface area contributed by atoms with E-state index in [1.807, 2.05) is 42.6 Å². The first-order chi connectivity index (χ1) is 9.68. The van der Waals surface area contributed by atoms with Gasteiger partial charge in [0.25, 0.3) is 0 Å². The van der Waals surface area contributed by atoms with Crippen LogP contribution < -0.4 is 16.4 Å². The second kappa shape index (κ2) is 4.92. The highest BCUT2D eigenvalue weighted by Crippen LogP contribution is 2.45. The Kier molecular flexibility index (Phi) is 3.10. The predicted molar refractivity (Wildman–Crippen MR) is 77.9 cm³/mol. The molecular formula is C15H18N4O. The maximum absolute atomic E-state index is 12.0. The first-order valence-electron chi connectivity index (χ1n) is 6.72. The van der Waals surface area contributed by atoms with E-state index in [2.05, 4.69) is 15.6 Å². The predicted octanol–water partition coefficient (Wildman–Crippen LogP) is 2.09. The number of nitrogen functional groups attached to an aromatic ring is 1. The van der Waals surface area contributed by atoms with Gasteiger partial charge in [0.05, 0.1) is 12.1 Å². The number of carbonyl (C=O) groups excluding carboxylic acids is 1. The number of urea groups is 1. The fourth-order valence-electron chi connectivity index (χ4n) is 2.36. The largest absolute Gasteiger partial charge is 0.399 e. The Hall–Kier alpha value is -2.43. The summed E-state index contributed by atoms with van der Waals surface area (Å²) < 4.78 is 0. The molecule has 1 aromatic carbocycles. The van der Waals surface area contributed by atoms with Crippen LogP contribution in [0.15, 0.2) is 42.6 Å². The zero-order valence-electron chi connectivity index (χ0n) is 11.1. The van der Waals surface area contributed by atoms with Crippen LogP contribution >= 0.6 is 0 Å². The number of nitrogens with one attached hydrogen (secondary N) is 3. The van der Waals surface area contributed by atoms with Crippen LogP contribution in [-0.4, -0.2) is 11.0 Å². The average Bonchev–Trinajstić information content (AvgIpc) is 3.02. The molecule has 0 bridgehead atoms. The quantitative estimate of drug-likeness (QED) is 0.641. The summed E-state index contributed by atoms with van der Waals surface area (Å²) >= 11 is 0. The molecule has 2 amide bonds. The van der Waals surface area contributed by atoms with E-state index in [1.54, 1.807) is 0 Å². The number of aromatic amines is 1. The molecule has 1 fully saturated rings. The number of hydrogen-bond donors (Lipinski definition) is 4. The first kappa shape index (κ1) is 12.6. The van der Waals surface area contributed by atoms with Gasteiger partial charge in [0.1, 0.15) is 0 Å². The molecule has 5 nitrogen and oxygen atoms in total. The summed E-state index contributed by atoms with van der Waals surface area (Å²) in [6.45, 7) is 0.492. The van der Waals surface area contributed by atoms with Crippen molar-refractivity contribution in [3.8, 4) is 0 Å². The van der Waals surface area contributed by atoms with E-state index in [4.69, 9.17) is 5.73 Å². The molecule has 1 heterocycles. The summed E-state index contributed by atoms with van der Waals surface area (Å²) in [6.07, 6.45) is 3.74.